The van der Waals surface area contributed by atoms with Crippen molar-refractivity contribution in [3.05, 3.63) is 6.33 Å². The number of nitrogens with zero attached hydrogens (tertiary/aromatic N) is 3. The van der Waals surface area contributed by atoms with Crippen molar-refractivity contribution in [3.8, 4) is 0 Å². The molecule has 1 fully saturated rings. The smallest absolute Gasteiger partial charge is 0.407 e. The first-order chi connectivity index (χ1) is 7.75. The van der Waals surface area contributed by atoms with Crippen molar-refractivity contribution in [1.82, 2.24) is 20.1 Å². The fourth-order valence-electron chi connectivity index (χ4n) is 1.75. The maximum atomic E-state index is 10.7. The van der Waals surface area contributed by atoms with Crippen LogP contribution in [-0.2, 0) is 0 Å². The van der Waals surface area contributed by atoms with Crippen LogP contribution in [0.4, 0.5) is 4.79 Å². The maximum absolute atomic E-state index is 10.7. The second-order valence-electron chi connectivity index (χ2n) is 3.81. The van der Waals surface area contributed by atoms with Crippen LogP contribution >= 0.6 is 11.8 Å². The number of aromatic nitrogens is 3. The van der Waals surface area contributed by atoms with Crippen LogP contribution in [0.2, 0.25) is 0 Å². The van der Waals surface area contributed by atoms with Gasteiger partial charge in [0.05, 0.1) is 0 Å². The first-order valence-electron chi connectivity index (χ1n) is 5.21. The van der Waals surface area contributed by atoms with Crippen molar-refractivity contribution in [3.63, 3.8) is 0 Å². The van der Waals surface area contributed by atoms with Crippen LogP contribution in [0.15, 0.2) is 11.5 Å². The van der Waals surface area contributed by atoms with Gasteiger partial charge in [-0.3, -0.25) is 5.10 Å². The molecule has 1 saturated heterocycles. The summed E-state index contributed by atoms with van der Waals surface area (Å²) in [7, 11) is 0. The molecule has 1 aliphatic rings. The van der Waals surface area contributed by atoms with Gasteiger partial charge >= 0.3 is 6.09 Å². The van der Waals surface area contributed by atoms with Gasteiger partial charge in [-0.1, -0.05) is 11.8 Å². The highest BCUT2D eigenvalue weighted by atomic mass is 32.2. The van der Waals surface area contributed by atoms with Gasteiger partial charge < -0.3 is 10.0 Å². The molecule has 0 bridgehead atoms. The lowest BCUT2D eigenvalue weighted by atomic mass is 9.99. The standard InChI is InChI=1S/C9H14N4O2S/c14-9(15)13-3-1-7(2-4-13)5-16-8-10-6-11-12-8/h6-7H,1-5H2,(H,14,15)(H,10,11,12). The zero-order chi connectivity index (χ0) is 11.4. The maximum Gasteiger partial charge on any atom is 0.407 e. The van der Waals surface area contributed by atoms with Crippen molar-refractivity contribution in [2.24, 2.45) is 5.92 Å². The summed E-state index contributed by atoms with van der Waals surface area (Å²) < 4.78 is 0. The highest BCUT2D eigenvalue weighted by Gasteiger charge is 2.22. The Labute approximate surface area is 97.4 Å². The van der Waals surface area contributed by atoms with Gasteiger partial charge in [0.2, 0.25) is 0 Å². The Hall–Kier alpha value is -1.24. The van der Waals surface area contributed by atoms with Gasteiger partial charge in [-0.2, -0.15) is 5.10 Å². The van der Waals surface area contributed by atoms with E-state index >= 15 is 0 Å². The van der Waals surface area contributed by atoms with E-state index in [0.717, 1.165) is 23.8 Å². The molecule has 1 aromatic rings. The van der Waals surface area contributed by atoms with Gasteiger partial charge in [-0.05, 0) is 18.8 Å². The Balaban J connectivity index is 1.71. The number of hydrogen-bond donors (Lipinski definition) is 2. The lowest BCUT2D eigenvalue weighted by molar-refractivity contribution is 0.127. The predicted molar refractivity (Wildman–Crippen MR) is 59.4 cm³/mol. The van der Waals surface area contributed by atoms with Crippen molar-refractivity contribution < 1.29 is 9.90 Å². The third-order valence-corrected chi connectivity index (χ3v) is 3.84. The average molecular weight is 242 g/mol. The number of thioether (sulfide) groups is 1. The van der Waals surface area contributed by atoms with Crippen LogP contribution in [-0.4, -0.2) is 50.1 Å². The quantitative estimate of drug-likeness (QED) is 0.780. The fraction of sp³-hybridized carbons (Fsp3) is 0.667. The first-order valence-corrected chi connectivity index (χ1v) is 6.20. The summed E-state index contributed by atoms with van der Waals surface area (Å²) in [6.07, 6.45) is 2.57. The third kappa shape index (κ3) is 2.88. The topological polar surface area (TPSA) is 82.1 Å². The van der Waals surface area contributed by atoms with Crippen LogP contribution in [0.1, 0.15) is 12.8 Å². The molecule has 6 nitrogen and oxygen atoms in total. The molecule has 2 rings (SSSR count). The van der Waals surface area contributed by atoms with E-state index in [1.165, 1.54) is 11.2 Å². The van der Waals surface area contributed by atoms with Crippen LogP contribution in [0.3, 0.4) is 0 Å². The molecule has 1 aromatic heterocycles. The molecule has 0 aliphatic carbocycles. The second-order valence-corrected chi connectivity index (χ2v) is 4.82. The Morgan fingerprint density at radius 3 is 2.94 bits per heavy atom. The molecule has 2 heterocycles. The van der Waals surface area contributed by atoms with E-state index in [1.54, 1.807) is 11.8 Å². The van der Waals surface area contributed by atoms with Crippen molar-refractivity contribution in [2.75, 3.05) is 18.8 Å². The molecule has 1 aliphatic heterocycles. The monoisotopic (exact) mass is 242 g/mol. The van der Waals surface area contributed by atoms with Crippen LogP contribution in [0.25, 0.3) is 0 Å². The minimum Gasteiger partial charge on any atom is -0.465 e. The second kappa shape index (κ2) is 5.20. The van der Waals surface area contributed by atoms with E-state index in [2.05, 4.69) is 15.2 Å². The lowest BCUT2D eigenvalue weighted by Crippen LogP contribution is -2.37. The minimum atomic E-state index is -0.804. The Morgan fingerprint density at radius 2 is 2.38 bits per heavy atom. The summed E-state index contributed by atoms with van der Waals surface area (Å²) in [6, 6.07) is 0. The summed E-state index contributed by atoms with van der Waals surface area (Å²) in [4.78, 5) is 16.2. The van der Waals surface area contributed by atoms with E-state index in [1.807, 2.05) is 0 Å². The molecule has 0 unspecified atom stereocenters. The Morgan fingerprint density at radius 1 is 1.62 bits per heavy atom. The van der Waals surface area contributed by atoms with Gasteiger partial charge in [0, 0.05) is 18.8 Å². The summed E-state index contributed by atoms with van der Waals surface area (Å²) >= 11 is 1.65. The van der Waals surface area contributed by atoms with E-state index in [4.69, 9.17) is 5.11 Å². The number of amides is 1. The number of H-pyrrole nitrogens is 1. The minimum absolute atomic E-state index is 0.575. The molecular weight excluding hydrogens is 228 g/mol. The van der Waals surface area contributed by atoms with Gasteiger partial charge in [-0.15, -0.1) is 0 Å². The Kier molecular flexibility index (Phi) is 3.66. The summed E-state index contributed by atoms with van der Waals surface area (Å²) in [5.41, 5.74) is 0. The van der Waals surface area contributed by atoms with E-state index in [0.29, 0.717) is 19.0 Å². The number of nitrogens with one attached hydrogen (secondary N) is 1. The molecule has 2 N–H and O–H groups in total. The zero-order valence-electron chi connectivity index (χ0n) is 8.80. The number of aromatic amines is 1. The zero-order valence-corrected chi connectivity index (χ0v) is 9.61. The number of rotatable bonds is 3. The molecule has 0 atom stereocenters. The molecule has 0 spiro atoms. The van der Waals surface area contributed by atoms with Crippen molar-refractivity contribution in [2.45, 2.75) is 18.0 Å². The van der Waals surface area contributed by atoms with Gasteiger partial charge in [0.15, 0.2) is 5.16 Å². The van der Waals surface area contributed by atoms with Gasteiger partial charge in [0.1, 0.15) is 6.33 Å². The third-order valence-electron chi connectivity index (χ3n) is 2.73. The first kappa shape index (κ1) is 11.3. The number of carbonyl (C=O) groups is 1. The number of likely N-dealkylation sites (tertiary alicyclic amines) is 1. The SMILES string of the molecule is O=C(O)N1CCC(CSc2ncn[nH]2)CC1. The molecule has 0 aromatic carbocycles. The molecular formula is C9H14N4O2S. The molecule has 7 heteroatoms. The summed E-state index contributed by atoms with van der Waals surface area (Å²) in [5.74, 6) is 1.55. The molecule has 1 amide bonds. The molecule has 0 saturated carbocycles. The average Bonchev–Trinajstić information content (AvgIpc) is 2.80. The van der Waals surface area contributed by atoms with E-state index in [9.17, 15) is 4.79 Å². The summed E-state index contributed by atoms with van der Waals surface area (Å²) in [5, 5.41) is 16.2. The highest BCUT2D eigenvalue weighted by Crippen LogP contribution is 2.24. The molecule has 88 valence electrons. The summed E-state index contributed by atoms with van der Waals surface area (Å²) in [6.45, 7) is 1.30. The molecule has 0 radical (unpaired) electrons. The lowest BCUT2D eigenvalue weighted by Gasteiger charge is -2.29. The van der Waals surface area contributed by atoms with Crippen molar-refractivity contribution >= 4 is 17.9 Å². The number of hydrogen-bond acceptors (Lipinski definition) is 4. The number of carboxylic acid groups (broad SMARTS) is 1. The highest BCUT2D eigenvalue weighted by molar-refractivity contribution is 7.99. The van der Waals surface area contributed by atoms with Crippen molar-refractivity contribution in [1.29, 1.82) is 0 Å². The van der Waals surface area contributed by atoms with Gasteiger partial charge in [0.25, 0.3) is 0 Å². The van der Waals surface area contributed by atoms with Crippen LogP contribution in [0.5, 0.6) is 0 Å². The normalized spacial score (nSPS) is 17.6. The fourth-order valence-corrected chi connectivity index (χ4v) is 2.72. The van der Waals surface area contributed by atoms with Crippen LogP contribution < -0.4 is 0 Å². The largest absolute Gasteiger partial charge is 0.465 e. The number of piperidine rings is 1. The van der Waals surface area contributed by atoms with E-state index in [-0.39, 0.29) is 0 Å². The van der Waals surface area contributed by atoms with Gasteiger partial charge in [-0.25, -0.2) is 9.78 Å². The van der Waals surface area contributed by atoms with Crippen LogP contribution in [0, 0.1) is 5.92 Å². The van der Waals surface area contributed by atoms with E-state index < -0.39 is 6.09 Å². The Bertz CT molecular complexity index is 335. The molecule has 16 heavy (non-hydrogen) atoms. The predicted octanol–water partition coefficient (Wildman–Crippen LogP) is 1.29.